The number of alkyl halides is 3. The molecular weight excluding hydrogens is 333 g/mol. The second kappa shape index (κ2) is 6.62. The number of hydrogen-bond donors (Lipinski definition) is 1. The maximum atomic E-state index is 12.5. The molecule has 1 aromatic carbocycles. The van der Waals surface area contributed by atoms with Crippen LogP contribution in [0.25, 0.3) is 5.65 Å². The Morgan fingerprint density at radius 1 is 1.20 bits per heavy atom. The number of anilines is 1. The summed E-state index contributed by atoms with van der Waals surface area (Å²) in [6.07, 6.45) is -1.28. The summed E-state index contributed by atoms with van der Waals surface area (Å²) in [4.78, 5) is 4.53. The number of halogens is 3. The number of hydrogen-bond acceptors (Lipinski definition) is 4. The Balaban J connectivity index is 1.84. The molecule has 0 spiro atoms. The second-order valence-corrected chi connectivity index (χ2v) is 5.84. The molecule has 0 amide bonds. The number of para-hydroxylation sites is 1. The predicted molar refractivity (Wildman–Crippen MR) is 87.5 cm³/mol. The fourth-order valence-corrected chi connectivity index (χ4v) is 2.40. The normalized spacial score (nSPS) is 11.9. The fourth-order valence-electron chi connectivity index (χ4n) is 2.40. The number of nitrogens with zero attached hydrogens (tertiary/aromatic N) is 3. The van der Waals surface area contributed by atoms with Gasteiger partial charge in [-0.2, -0.15) is 5.10 Å². The van der Waals surface area contributed by atoms with Gasteiger partial charge in [0.05, 0.1) is 23.8 Å². The van der Waals surface area contributed by atoms with Gasteiger partial charge in [0.15, 0.2) is 5.65 Å². The minimum atomic E-state index is -4.73. The van der Waals surface area contributed by atoms with Crippen molar-refractivity contribution in [2.24, 2.45) is 0 Å². The highest BCUT2D eigenvalue weighted by Crippen LogP contribution is 2.27. The molecule has 0 radical (unpaired) electrons. The number of ether oxygens (including phenoxy) is 1. The molecule has 2 heterocycles. The summed E-state index contributed by atoms with van der Waals surface area (Å²) >= 11 is 0. The molecule has 0 aliphatic rings. The lowest BCUT2D eigenvalue weighted by atomic mass is 10.2. The molecule has 3 aromatic rings. The first-order chi connectivity index (χ1) is 11.8. The van der Waals surface area contributed by atoms with E-state index in [4.69, 9.17) is 0 Å². The zero-order valence-corrected chi connectivity index (χ0v) is 13.7. The summed E-state index contributed by atoms with van der Waals surface area (Å²) in [6, 6.07) is 7.77. The van der Waals surface area contributed by atoms with Crippen molar-refractivity contribution >= 4 is 11.3 Å². The van der Waals surface area contributed by atoms with Crippen LogP contribution in [0.2, 0.25) is 0 Å². The van der Waals surface area contributed by atoms with Gasteiger partial charge in [0, 0.05) is 12.1 Å². The SMILES string of the molecule is CC(C)c1cn2nccc(NCc3ccccc3OC(F)(F)F)c2n1. The Labute approximate surface area is 142 Å². The van der Waals surface area contributed by atoms with Crippen LogP contribution >= 0.6 is 0 Å². The lowest BCUT2D eigenvalue weighted by molar-refractivity contribution is -0.274. The van der Waals surface area contributed by atoms with Gasteiger partial charge in [-0.05, 0) is 18.1 Å². The number of imidazole rings is 1. The highest BCUT2D eigenvalue weighted by atomic mass is 19.4. The number of rotatable bonds is 5. The average molecular weight is 350 g/mol. The summed E-state index contributed by atoms with van der Waals surface area (Å²) < 4.78 is 43.2. The monoisotopic (exact) mass is 350 g/mol. The highest BCUT2D eigenvalue weighted by Gasteiger charge is 2.31. The third kappa shape index (κ3) is 4.01. The summed E-state index contributed by atoms with van der Waals surface area (Å²) in [6.45, 7) is 4.22. The molecule has 5 nitrogen and oxygen atoms in total. The Hall–Kier alpha value is -2.77. The van der Waals surface area contributed by atoms with Crippen LogP contribution in [0.4, 0.5) is 18.9 Å². The molecule has 0 saturated heterocycles. The topological polar surface area (TPSA) is 51.5 Å². The van der Waals surface area contributed by atoms with Crippen molar-refractivity contribution in [1.82, 2.24) is 14.6 Å². The van der Waals surface area contributed by atoms with Gasteiger partial charge in [-0.25, -0.2) is 9.50 Å². The van der Waals surface area contributed by atoms with E-state index in [0.717, 1.165) is 5.69 Å². The zero-order valence-electron chi connectivity index (χ0n) is 13.7. The summed E-state index contributed by atoms with van der Waals surface area (Å²) in [5.74, 6) is 0.0225. The van der Waals surface area contributed by atoms with Crippen LogP contribution < -0.4 is 10.1 Å². The summed E-state index contributed by atoms with van der Waals surface area (Å²) in [5.41, 5.74) is 2.59. The van der Waals surface area contributed by atoms with Gasteiger partial charge < -0.3 is 10.1 Å². The third-order valence-electron chi connectivity index (χ3n) is 3.64. The zero-order chi connectivity index (χ0) is 18.0. The van der Waals surface area contributed by atoms with Gasteiger partial charge in [-0.15, -0.1) is 13.2 Å². The number of aromatic nitrogens is 3. The number of fused-ring (bicyclic) bond motifs is 1. The number of benzene rings is 1. The van der Waals surface area contributed by atoms with E-state index in [1.165, 1.54) is 12.1 Å². The van der Waals surface area contributed by atoms with E-state index in [2.05, 4.69) is 20.1 Å². The lowest BCUT2D eigenvalue weighted by Crippen LogP contribution is -2.18. The molecule has 0 aliphatic heterocycles. The quantitative estimate of drug-likeness (QED) is 0.743. The van der Waals surface area contributed by atoms with E-state index in [1.807, 2.05) is 20.0 Å². The molecule has 25 heavy (non-hydrogen) atoms. The lowest BCUT2D eigenvalue weighted by Gasteiger charge is -2.14. The van der Waals surface area contributed by atoms with Crippen molar-refractivity contribution in [3.05, 3.63) is 54.0 Å². The molecule has 2 aromatic heterocycles. The first-order valence-electron chi connectivity index (χ1n) is 7.75. The van der Waals surface area contributed by atoms with Crippen molar-refractivity contribution in [3.63, 3.8) is 0 Å². The standard InChI is InChI=1S/C17H17F3N4O/c1-11(2)14-10-24-16(23-14)13(7-8-22-24)21-9-12-5-3-4-6-15(12)25-17(18,19)20/h3-8,10-11,21H,9H2,1-2H3. The molecule has 132 valence electrons. The van der Waals surface area contributed by atoms with Crippen molar-refractivity contribution in [3.8, 4) is 5.75 Å². The summed E-state index contributed by atoms with van der Waals surface area (Å²) in [5, 5.41) is 7.32. The molecular formula is C17H17F3N4O. The van der Waals surface area contributed by atoms with Gasteiger partial charge in [-0.3, -0.25) is 0 Å². The largest absolute Gasteiger partial charge is 0.573 e. The van der Waals surface area contributed by atoms with E-state index in [0.29, 0.717) is 16.9 Å². The van der Waals surface area contributed by atoms with E-state index in [9.17, 15) is 13.2 Å². The maximum Gasteiger partial charge on any atom is 0.573 e. The van der Waals surface area contributed by atoms with E-state index >= 15 is 0 Å². The van der Waals surface area contributed by atoms with Crippen molar-refractivity contribution in [2.45, 2.75) is 32.7 Å². The molecule has 0 bridgehead atoms. The smallest absolute Gasteiger partial charge is 0.405 e. The molecule has 0 atom stereocenters. The molecule has 1 N–H and O–H groups in total. The number of nitrogens with one attached hydrogen (secondary N) is 1. The Morgan fingerprint density at radius 2 is 1.96 bits per heavy atom. The van der Waals surface area contributed by atoms with Crippen molar-refractivity contribution < 1.29 is 17.9 Å². The Morgan fingerprint density at radius 3 is 2.68 bits per heavy atom. The van der Waals surface area contributed by atoms with Crippen molar-refractivity contribution in [1.29, 1.82) is 0 Å². The van der Waals surface area contributed by atoms with Gasteiger partial charge in [0.1, 0.15) is 5.75 Å². The van der Waals surface area contributed by atoms with Crippen molar-refractivity contribution in [2.75, 3.05) is 5.32 Å². The first-order valence-corrected chi connectivity index (χ1v) is 7.75. The van der Waals surface area contributed by atoms with Crippen LogP contribution in [0.1, 0.15) is 31.0 Å². The predicted octanol–water partition coefficient (Wildman–Crippen LogP) is 4.36. The van der Waals surface area contributed by atoms with E-state index in [-0.39, 0.29) is 18.2 Å². The van der Waals surface area contributed by atoms with Crippen LogP contribution in [0.5, 0.6) is 5.75 Å². The first kappa shape index (κ1) is 17.1. The molecule has 0 unspecified atom stereocenters. The third-order valence-corrected chi connectivity index (χ3v) is 3.64. The average Bonchev–Trinajstić information content (AvgIpc) is 2.97. The Kier molecular flexibility index (Phi) is 4.52. The Bertz CT molecular complexity index is 874. The van der Waals surface area contributed by atoms with Crippen LogP contribution in [0, 0.1) is 0 Å². The van der Waals surface area contributed by atoms with Gasteiger partial charge in [0.2, 0.25) is 0 Å². The van der Waals surface area contributed by atoms with Crippen LogP contribution in [-0.2, 0) is 6.54 Å². The van der Waals surface area contributed by atoms with Gasteiger partial charge >= 0.3 is 6.36 Å². The second-order valence-electron chi connectivity index (χ2n) is 5.84. The molecule has 8 heteroatoms. The summed E-state index contributed by atoms with van der Waals surface area (Å²) in [7, 11) is 0. The van der Waals surface area contributed by atoms with Crippen LogP contribution in [0.15, 0.2) is 42.7 Å². The van der Waals surface area contributed by atoms with Gasteiger partial charge in [0.25, 0.3) is 0 Å². The minimum Gasteiger partial charge on any atom is -0.405 e. The van der Waals surface area contributed by atoms with Crippen LogP contribution in [0.3, 0.4) is 0 Å². The maximum absolute atomic E-state index is 12.5. The fraction of sp³-hybridized carbons (Fsp3) is 0.294. The molecule has 0 saturated carbocycles. The molecule has 0 fully saturated rings. The highest BCUT2D eigenvalue weighted by molar-refractivity contribution is 5.67. The minimum absolute atomic E-state index is 0.162. The van der Waals surface area contributed by atoms with Crippen LogP contribution in [-0.4, -0.2) is 21.0 Å². The molecule has 3 rings (SSSR count). The van der Waals surface area contributed by atoms with E-state index < -0.39 is 6.36 Å². The molecule has 0 aliphatic carbocycles. The van der Waals surface area contributed by atoms with E-state index in [1.54, 1.807) is 28.9 Å². The van der Waals surface area contributed by atoms with Gasteiger partial charge in [-0.1, -0.05) is 32.0 Å².